The van der Waals surface area contributed by atoms with E-state index in [9.17, 15) is 4.79 Å². The normalized spacial score (nSPS) is 11.9. The molecule has 0 spiro atoms. The van der Waals surface area contributed by atoms with E-state index in [1.54, 1.807) is 30.7 Å². The molecule has 0 aliphatic rings. The lowest BCUT2D eigenvalue weighted by Crippen LogP contribution is -2.35. The van der Waals surface area contributed by atoms with Crippen molar-refractivity contribution >= 4 is 11.6 Å². The van der Waals surface area contributed by atoms with Gasteiger partial charge in [0.05, 0.1) is 19.1 Å². The molecule has 0 bridgehead atoms. The number of amides is 1. The number of hydrogen-bond donors (Lipinski definition) is 2. The molecule has 6 heteroatoms. The van der Waals surface area contributed by atoms with Gasteiger partial charge < -0.3 is 20.4 Å². The number of benzene rings is 1. The predicted octanol–water partition coefficient (Wildman–Crippen LogP) is 1.29. The van der Waals surface area contributed by atoms with Crippen LogP contribution in [0.3, 0.4) is 0 Å². The Morgan fingerprint density at radius 2 is 2.35 bits per heavy atom. The minimum atomic E-state index is -0.157. The monoisotopic (exact) mass is 274 g/mol. The summed E-state index contributed by atoms with van der Waals surface area (Å²) in [4.78, 5) is 16.1. The second-order valence-electron chi connectivity index (χ2n) is 4.59. The Morgan fingerprint density at radius 3 is 3.00 bits per heavy atom. The van der Waals surface area contributed by atoms with Gasteiger partial charge in [-0.1, -0.05) is 0 Å². The molecule has 1 atom stereocenters. The fraction of sp³-hybridized carbons (Fsp3) is 0.286. The molecular formula is C14H18N4O2. The molecule has 0 aliphatic carbocycles. The maximum absolute atomic E-state index is 12.1. The summed E-state index contributed by atoms with van der Waals surface area (Å²) in [5.74, 6) is 0.343. The van der Waals surface area contributed by atoms with Crippen LogP contribution in [0.2, 0.25) is 0 Å². The van der Waals surface area contributed by atoms with Crippen LogP contribution in [0.5, 0.6) is 5.75 Å². The second kappa shape index (κ2) is 6.10. The van der Waals surface area contributed by atoms with Gasteiger partial charge in [0.1, 0.15) is 5.75 Å². The van der Waals surface area contributed by atoms with E-state index < -0.39 is 0 Å². The summed E-state index contributed by atoms with van der Waals surface area (Å²) in [6.45, 7) is 2.60. The molecule has 6 nitrogen and oxygen atoms in total. The molecule has 0 aliphatic heterocycles. The van der Waals surface area contributed by atoms with Crippen LogP contribution in [0.15, 0.2) is 36.9 Å². The van der Waals surface area contributed by atoms with E-state index in [1.165, 1.54) is 7.11 Å². The van der Waals surface area contributed by atoms with E-state index in [0.717, 1.165) is 0 Å². The number of nitrogens with two attached hydrogens (primary N) is 1. The number of carbonyl (C=O) groups excluding carboxylic acids is 1. The summed E-state index contributed by atoms with van der Waals surface area (Å²) in [7, 11) is 1.52. The van der Waals surface area contributed by atoms with Gasteiger partial charge in [0.25, 0.3) is 5.91 Å². The predicted molar refractivity (Wildman–Crippen MR) is 76.6 cm³/mol. The third-order valence-electron chi connectivity index (χ3n) is 2.92. The van der Waals surface area contributed by atoms with Crippen LogP contribution in [0.25, 0.3) is 0 Å². The van der Waals surface area contributed by atoms with Crippen molar-refractivity contribution < 1.29 is 9.53 Å². The zero-order valence-electron chi connectivity index (χ0n) is 11.5. The maximum Gasteiger partial charge on any atom is 0.251 e. The van der Waals surface area contributed by atoms with Crippen LogP contribution < -0.4 is 15.8 Å². The molecule has 1 unspecified atom stereocenters. The van der Waals surface area contributed by atoms with Crippen molar-refractivity contribution in [3.05, 3.63) is 42.5 Å². The molecule has 1 aromatic carbocycles. The van der Waals surface area contributed by atoms with Gasteiger partial charge in [-0.05, 0) is 25.1 Å². The molecule has 106 valence electrons. The number of nitrogens with zero attached hydrogens (tertiary/aromatic N) is 2. The summed E-state index contributed by atoms with van der Waals surface area (Å²) >= 11 is 0. The number of anilines is 1. The maximum atomic E-state index is 12.1. The lowest BCUT2D eigenvalue weighted by Gasteiger charge is -2.15. The van der Waals surface area contributed by atoms with Gasteiger partial charge in [0.15, 0.2) is 0 Å². The van der Waals surface area contributed by atoms with Gasteiger partial charge in [-0.2, -0.15) is 0 Å². The fourth-order valence-corrected chi connectivity index (χ4v) is 1.92. The molecule has 20 heavy (non-hydrogen) atoms. The highest BCUT2D eigenvalue weighted by Gasteiger charge is 2.12. The average molecular weight is 274 g/mol. The quantitative estimate of drug-likeness (QED) is 0.805. The Balaban J connectivity index is 2.00. The Labute approximate surface area is 117 Å². The van der Waals surface area contributed by atoms with E-state index in [-0.39, 0.29) is 11.9 Å². The molecule has 0 saturated heterocycles. The van der Waals surface area contributed by atoms with E-state index in [1.807, 2.05) is 17.7 Å². The minimum Gasteiger partial charge on any atom is -0.495 e. The first-order chi connectivity index (χ1) is 9.60. The first kappa shape index (κ1) is 13.9. The zero-order chi connectivity index (χ0) is 14.5. The average Bonchev–Trinajstić information content (AvgIpc) is 2.91. The molecule has 1 aromatic heterocycles. The zero-order valence-corrected chi connectivity index (χ0v) is 11.5. The van der Waals surface area contributed by atoms with Crippen molar-refractivity contribution in [2.24, 2.45) is 0 Å². The number of carbonyl (C=O) groups is 1. The molecule has 1 amide bonds. The number of aromatic nitrogens is 2. The van der Waals surface area contributed by atoms with Gasteiger partial charge >= 0.3 is 0 Å². The van der Waals surface area contributed by atoms with Crippen LogP contribution in [0.4, 0.5) is 5.69 Å². The third-order valence-corrected chi connectivity index (χ3v) is 2.92. The summed E-state index contributed by atoms with van der Waals surface area (Å²) in [6.07, 6.45) is 5.28. The van der Waals surface area contributed by atoms with Crippen molar-refractivity contribution in [3.63, 3.8) is 0 Å². The standard InChI is InChI=1S/C14H18N4O2/c1-10(8-18-6-5-16-9-18)17-14(19)11-3-4-12(15)13(7-11)20-2/h3-7,9-10H,8,15H2,1-2H3,(H,17,19). The third kappa shape index (κ3) is 3.28. The molecule has 2 rings (SSSR count). The number of rotatable bonds is 5. The summed E-state index contributed by atoms with van der Waals surface area (Å²) < 4.78 is 7.02. The van der Waals surface area contributed by atoms with Crippen molar-refractivity contribution in [1.82, 2.24) is 14.9 Å². The smallest absolute Gasteiger partial charge is 0.251 e. The SMILES string of the molecule is COc1cc(C(=O)NC(C)Cn2ccnc2)ccc1N. The molecular weight excluding hydrogens is 256 g/mol. The lowest BCUT2D eigenvalue weighted by atomic mass is 10.1. The molecule has 0 saturated carbocycles. The van der Waals surface area contributed by atoms with Gasteiger partial charge in [0.2, 0.25) is 0 Å². The van der Waals surface area contributed by atoms with Crippen molar-refractivity contribution in [3.8, 4) is 5.75 Å². The highest BCUT2D eigenvalue weighted by molar-refractivity contribution is 5.95. The fourth-order valence-electron chi connectivity index (χ4n) is 1.92. The first-order valence-corrected chi connectivity index (χ1v) is 6.30. The molecule has 3 N–H and O–H groups in total. The van der Waals surface area contributed by atoms with Gasteiger partial charge in [0, 0.05) is 30.5 Å². The molecule has 0 fully saturated rings. The van der Waals surface area contributed by atoms with Gasteiger partial charge in [-0.3, -0.25) is 4.79 Å². The Bertz CT molecular complexity index is 581. The van der Waals surface area contributed by atoms with E-state index in [2.05, 4.69) is 10.3 Å². The molecule has 1 heterocycles. The topological polar surface area (TPSA) is 82.2 Å². The van der Waals surface area contributed by atoms with E-state index >= 15 is 0 Å². The number of imidazole rings is 1. The Kier molecular flexibility index (Phi) is 4.24. The number of nitrogens with one attached hydrogen (secondary N) is 1. The second-order valence-corrected chi connectivity index (χ2v) is 4.59. The Morgan fingerprint density at radius 1 is 1.55 bits per heavy atom. The van der Waals surface area contributed by atoms with Crippen molar-refractivity contribution in [1.29, 1.82) is 0 Å². The highest BCUT2D eigenvalue weighted by atomic mass is 16.5. The van der Waals surface area contributed by atoms with Crippen LogP contribution in [0, 0.1) is 0 Å². The van der Waals surface area contributed by atoms with Crippen molar-refractivity contribution in [2.45, 2.75) is 19.5 Å². The molecule has 2 aromatic rings. The number of nitrogen functional groups attached to an aromatic ring is 1. The minimum absolute atomic E-state index is 0.0137. The summed E-state index contributed by atoms with van der Waals surface area (Å²) in [5, 5.41) is 2.92. The Hall–Kier alpha value is -2.50. The van der Waals surface area contributed by atoms with Crippen LogP contribution >= 0.6 is 0 Å². The number of ether oxygens (including phenoxy) is 1. The first-order valence-electron chi connectivity index (χ1n) is 6.30. The van der Waals surface area contributed by atoms with Gasteiger partial charge in [-0.25, -0.2) is 4.98 Å². The van der Waals surface area contributed by atoms with Crippen molar-refractivity contribution in [2.75, 3.05) is 12.8 Å². The lowest BCUT2D eigenvalue weighted by molar-refractivity contribution is 0.0936. The van der Waals surface area contributed by atoms with Crippen LogP contribution in [-0.4, -0.2) is 28.6 Å². The number of hydrogen-bond acceptors (Lipinski definition) is 4. The summed E-state index contributed by atoms with van der Waals surface area (Å²) in [6, 6.07) is 4.96. The van der Waals surface area contributed by atoms with E-state index in [0.29, 0.717) is 23.5 Å². The summed E-state index contributed by atoms with van der Waals surface area (Å²) in [5.41, 5.74) is 6.76. The van der Waals surface area contributed by atoms with Crippen LogP contribution in [0.1, 0.15) is 17.3 Å². The van der Waals surface area contributed by atoms with E-state index in [4.69, 9.17) is 10.5 Å². The molecule has 0 radical (unpaired) electrons. The number of methoxy groups -OCH3 is 1. The van der Waals surface area contributed by atoms with Crippen LogP contribution in [-0.2, 0) is 6.54 Å². The highest BCUT2D eigenvalue weighted by Crippen LogP contribution is 2.22. The largest absolute Gasteiger partial charge is 0.495 e. The van der Waals surface area contributed by atoms with Gasteiger partial charge in [-0.15, -0.1) is 0 Å².